The summed E-state index contributed by atoms with van der Waals surface area (Å²) in [5, 5.41) is 4.23. The fourth-order valence-electron chi connectivity index (χ4n) is 2.55. The summed E-state index contributed by atoms with van der Waals surface area (Å²) in [5.74, 6) is 2.30. The summed E-state index contributed by atoms with van der Waals surface area (Å²) in [6.07, 6.45) is 2.54. The maximum atomic E-state index is 6.08. The van der Waals surface area contributed by atoms with Crippen LogP contribution in [0.5, 0.6) is 5.75 Å². The van der Waals surface area contributed by atoms with Crippen molar-refractivity contribution in [3.05, 3.63) is 28.8 Å². The third-order valence-electron chi connectivity index (χ3n) is 3.67. The van der Waals surface area contributed by atoms with Crippen LogP contribution in [-0.2, 0) is 0 Å². The quantitative estimate of drug-likeness (QED) is 0.868. The van der Waals surface area contributed by atoms with Crippen LogP contribution in [0.25, 0.3) is 0 Å². The highest BCUT2D eigenvalue weighted by Gasteiger charge is 2.33. The third kappa shape index (κ3) is 2.75. The minimum Gasteiger partial charge on any atom is -0.496 e. The predicted molar refractivity (Wildman–Crippen MR) is 72.0 cm³/mol. The molecule has 17 heavy (non-hydrogen) atoms. The Labute approximate surface area is 108 Å². The molecular weight excluding hydrogens is 234 g/mol. The van der Waals surface area contributed by atoms with Crippen LogP contribution in [0, 0.1) is 5.92 Å². The Morgan fingerprint density at radius 3 is 2.82 bits per heavy atom. The first-order chi connectivity index (χ1) is 8.26. The van der Waals surface area contributed by atoms with E-state index in [4.69, 9.17) is 16.3 Å². The van der Waals surface area contributed by atoms with Crippen molar-refractivity contribution in [1.29, 1.82) is 0 Å². The average Bonchev–Trinajstić information content (AvgIpc) is 2.28. The Hall–Kier alpha value is -0.730. The number of rotatable bonds is 5. The van der Waals surface area contributed by atoms with Crippen molar-refractivity contribution in [2.45, 2.75) is 25.7 Å². The van der Waals surface area contributed by atoms with Gasteiger partial charge in [-0.1, -0.05) is 18.5 Å². The zero-order valence-corrected chi connectivity index (χ0v) is 11.3. The van der Waals surface area contributed by atoms with E-state index in [1.807, 2.05) is 12.1 Å². The molecule has 1 N–H and O–H groups in total. The van der Waals surface area contributed by atoms with E-state index < -0.39 is 0 Å². The molecule has 1 aliphatic rings. The average molecular weight is 254 g/mol. The van der Waals surface area contributed by atoms with Gasteiger partial charge in [0.1, 0.15) is 5.75 Å². The lowest BCUT2D eigenvalue weighted by atomic mass is 9.69. The van der Waals surface area contributed by atoms with Crippen molar-refractivity contribution in [3.63, 3.8) is 0 Å². The number of ether oxygens (including phenoxy) is 1. The van der Waals surface area contributed by atoms with Crippen LogP contribution in [0.15, 0.2) is 18.2 Å². The lowest BCUT2D eigenvalue weighted by molar-refractivity contribution is 0.241. The molecule has 1 aromatic carbocycles. The van der Waals surface area contributed by atoms with Crippen LogP contribution in [0.3, 0.4) is 0 Å². The summed E-state index contributed by atoms with van der Waals surface area (Å²) in [5.41, 5.74) is 1.27. The van der Waals surface area contributed by atoms with Crippen molar-refractivity contribution < 1.29 is 4.74 Å². The van der Waals surface area contributed by atoms with Gasteiger partial charge in [0.25, 0.3) is 0 Å². The van der Waals surface area contributed by atoms with Crippen molar-refractivity contribution in [2.75, 3.05) is 20.2 Å². The highest BCUT2D eigenvalue weighted by atomic mass is 35.5. The largest absolute Gasteiger partial charge is 0.496 e. The van der Waals surface area contributed by atoms with Gasteiger partial charge >= 0.3 is 0 Å². The topological polar surface area (TPSA) is 21.3 Å². The zero-order chi connectivity index (χ0) is 12.3. The Balaban J connectivity index is 2.13. The van der Waals surface area contributed by atoms with Gasteiger partial charge in [-0.25, -0.2) is 0 Å². The Kier molecular flexibility index (Phi) is 4.30. The SMILES string of the molecule is CCNCC1CCC1c1cc(Cl)ccc1OC. The van der Waals surface area contributed by atoms with Crippen LogP contribution in [0.4, 0.5) is 0 Å². The Bertz CT molecular complexity index is 380. The molecule has 2 nitrogen and oxygen atoms in total. The van der Waals surface area contributed by atoms with Crippen molar-refractivity contribution in [1.82, 2.24) is 5.32 Å². The number of hydrogen-bond donors (Lipinski definition) is 1. The molecular formula is C14H20ClNO. The predicted octanol–water partition coefficient (Wildman–Crippen LogP) is 3.45. The number of hydrogen-bond acceptors (Lipinski definition) is 2. The molecule has 94 valence electrons. The van der Waals surface area contributed by atoms with E-state index in [1.54, 1.807) is 7.11 Å². The van der Waals surface area contributed by atoms with Crippen LogP contribution >= 0.6 is 11.6 Å². The highest BCUT2D eigenvalue weighted by molar-refractivity contribution is 6.30. The van der Waals surface area contributed by atoms with Gasteiger partial charge in [0.15, 0.2) is 0 Å². The second-order valence-corrected chi connectivity index (χ2v) is 5.07. The summed E-state index contributed by atoms with van der Waals surface area (Å²) in [6, 6.07) is 5.92. The van der Waals surface area contributed by atoms with E-state index >= 15 is 0 Å². The summed E-state index contributed by atoms with van der Waals surface area (Å²) in [6.45, 7) is 4.28. The molecule has 2 unspecified atom stereocenters. The molecule has 3 heteroatoms. The molecule has 0 saturated heterocycles. The molecule has 0 heterocycles. The maximum absolute atomic E-state index is 6.08. The molecule has 0 radical (unpaired) electrons. The van der Waals surface area contributed by atoms with E-state index in [-0.39, 0.29) is 0 Å². The lowest BCUT2D eigenvalue weighted by Gasteiger charge is -2.38. The molecule has 1 saturated carbocycles. The standard InChI is InChI=1S/C14H20ClNO/c1-3-16-9-10-4-6-12(10)13-8-11(15)5-7-14(13)17-2/h5,7-8,10,12,16H,3-4,6,9H2,1-2H3. The second kappa shape index (κ2) is 5.74. The molecule has 0 bridgehead atoms. The second-order valence-electron chi connectivity index (χ2n) is 4.64. The van der Waals surface area contributed by atoms with E-state index in [9.17, 15) is 0 Å². The number of halogens is 1. The van der Waals surface area contributed by atoms with E-state index in [1.165, 1.54) is 18.4 Å². The molecule has 2 atom stereocenters. The molecule has 0 amide bonds. The van der Waals surface area contributed by atoms with Gasteiger partial charge in [-0.15, -0.1) is 0 Å². The van der Waals surface area contributed by atoms with Gasteiger partial charge in [0.2, 0.25) is 0 Å². The Morgan fingerprint density at radius 2 is 2.24 bits per heavy atom. The van der Waals surface area contributed by atoms with Gasteiger partial charge < -0.3 is 10.1 Å². The van der Waals surface area contributed by atoms with Crippen molar-refractivity contribution >= 4 is 11.6 Å². The van der Waals surface area contributed by atoms with E-state index in [0.717, 1.165) is 29.8 Å². The fourth-order valence-corrected chi connectivity index (χ4v) is 2.73. The molecule has 1 fully saturated rings. The van der Waals surface area contributed by atoms with Crippen LogP contribution < -0.4 is 10.1 Å². The molecule has 0 aliphatic heterocycles. The minimum atomic E-state index is 0.600. The highest BCUT2D eigenvalue weighted by Crippen LogP contribution is 2.46. The van der Waals surface area contributed by atoms with Crippen LogP contribution in [0.2, 0.25) is 5.02 Å². The summed E-state index contributed by atoms with van der Waals surface area (Å²) in [4.78, 5) is 0. The molecule has 2 rings (SSSR count). The van der Waals surface area contributed by atoms with Gasteiger partial charge in [-0.2, -0.15) is 0 Å². The minimum absolute atomic E-state index is 0.600. The number of nitrogens with one attached hydrogen (secondary N) is 1. The summed E-state index contributed by atoms with van der Waals surface area (Å²) < 4.78 is 5.43. The first-order valence-corrected chi connectivity index (χ1v) is 6.68. The lowest BCUT2D eigenvalue weighted by Crippen LogP contribution is -2.33. The van der Waals surface area contributed by atoms with Crippen LogP contribution in [0.1, 0.15) is 31.2 Å². The normalized spacial score (nSPS) is 23.2. The molecule has 1 aliphatic carbocycles. The van der Waals surface area contributed by atoms with Crippen molar-refractivity contribution in [2.24, 2.45) is 5.92 Å². The smallest absolute Gasteiger partial charge is 0.122 e. The fraction of sp³-hybridized carbons (Fsp3) is 0.571. The number of methoxy groups -OCH3 is 1. The third-order valence-corrected chi connectivity index (χ3v) is 3.90. The zero-order valence-electron chi connectivity index (χ0n) is 10.5. The monoisotopic (exact) mass is 253 g/mol. The number of benzene rings is 1. The van der Waals surface area contributed by atoms with E-state index in [2.05, 4.69) is 18.3 Å². The van der Waals surface area contributed by atoms with Crippen molar-refractivity contribution in [3.8, 4) is 5.75 Å². The van der Waals surface area contributed by atoms with Crippen LogP contribution in [-0.4, -0.2) is 20.2 Å². The van der Waals surface area contributed by atoms with E-state index in [0.29, 0.717) is 5.92 Å². The first kappa shape index (κ1) is 12.7. The van der Waals surface area contributed by atoms with Gasteiger partial charge in [0.05, 0.1) is 7.11 Å². The first-order valence-electron chi connectivity index (χ1n) is 6.30. The summed E-state index contributed by atoms with van der Waals surface area (Å²) in [7, 11) is 1.73. The molecule has 0 spiro atoms. The van der Waals surface area contributed by atoms with Gasteiger partial charge in [-0.05, 0) is 61.5 Å². The molecule has 1 aromatic rings. The molecule has 0 aromatic heterocycles. The van der Waals surface area contributed by atoms with Gasteiger partial charge in [0, 0.05) is 5.02 Å². The summed E-state index contributed by atoms with van der Waals surface area (Å²) >= 11 is 6.08. The Morgan fingerprint density at radius 1 is 1.41 bits per heavy atom. The van der Waals surface area contributed by atoms with Gasteiger partial charge in [-0.3, -0.25) is 0 Å². The maximum Gasteiger partial charge on any atom is 0.122 e.